The van der Waals surface area contributed by atoms with Gasteiger partial charge in [0, 0.05) is 23.9 Å². The smallest absolute Gasteiger partial charge is 0.271 e. The molecular formula is C14H19N5O2. The van der Waals surface area contributed by atoms with Crippen LogP contribution in [0.3, 0.4) is 0 Å². The maximum absolute atomic E-state index is 10.8. The van der Waals surface area contributed by atoms with Crippen LogP contribution in [0.1, 0.15) is 27.7 Å². The predicted octanol–water partition coefficient (Wildman–Crippen LogP) is 2.87. The van der Waals surface area contributed by atoms with E-state index >= 15 is 0 Å². The Kier molecular flexibility index (Phi) is 5.24. The van der Waals surface area contributed by atoms with Crippen molar-refractivity contribution >= 4 is 17.3 Å². The molecule has 0 bridgehead atoms. The molecule has 1 aromatic rings. The van der Waals surface area contributed by atoms with Crippen LogP contribution in [0.25, 0.3) is 0 Å². The van der Waals surface area contributed by atoms with Crippen LogP contribution >= 0.6 is 0 Å². The molecule has 1 atom stereocenters. The van der Waals surface area contributed by atoms with Crippen molar-refractivity contribution in [2.45, 2.75) is 33.7 Å². The van der Waals surface area contributed by atoms with E-state index in [-0.39, 0.29) is 23.1 Å². The van der Waals surface area contributed by atoms with Gasteiger partial charge in [-0.2, -0.15) is 5.26 Å². The summed E-state index contributed by atoms with van der Waals surface area (Å²) < 4.78 is 0. The number of benzene rings is 1. The number of nitro groups is 1. The van der Waals surface area contributed by atoms with Crippen molar-refractivity contribution in [2.75, 3.05) is 5.32 Å². The number of nitriles is 1. The van der Waals surface area contributed by atoms with Gasteiger partial charge < -0.3 is 10.6 Å². The van der Waals surface area contributed by atoms with Gasteiger partial charge in [0.25, 0.3) is 5.69 Å². The average Bonchev–Trinajstić information content (AvgIpc) is 2.38. The molecule has 0 heterocycles. The molecule has 0 aliphatic heterocycles. The SMILES string of the molecule is CC(N/C(=N/C#N)Nc1cccc([N+](=O)[O-])c1)C(C)(C)C. The second kappa shape index (κ2) is 6.70. The first kappa shape index (κ1) is 16.4. The maximum atomic E-state index is 10.8. The lowest BCUT2D eigenvalue weighted by Crippen LogP contribution is -2.44. The summed E-state index contributed by atoms with van der Waals surface area (Å²) in [5, 5.41) is 25.5. The van der Waals surface area contributed by atoms with Crippen molar-refractivity contribution in [3.8, 4) is 6.19 Å². The average molecular weight is 289 g/mol. The van der Waals surface area contributed by atoms with E-state index in [1.807, 2.05) is 6.92 Å². The Morgan fingerprint density at radius 1 is 1.48 bits per heavy atom. The number of non-ortho nitro benzene ring substituents is 1. The van der Waals surface area contributed by atoms with Crippen LogP contribution in [0.4, 0.5) is 11.4 Å². The van der Waals surface area contributed by atoms with Gasteiger partial charge in [-0.25, -0.2) is 0 Å². The summed E-state index contributed by atoms with van der Waals surface area (Å²) in [7, 11) is 0. The van der Waals surface area contributed by atoms with E-state index in [2.05, 4.69) is 36.4 Å². The molecular weight excluding hydrogens is 270 g/mol. The molecule has 0 saturated heterocycles. The molecule has 21 heavy (non-hydrogen) atoms. The Balaban J connectivity index is 2.90. The van der Waals surface area contributed by atoms with Crippen LogP contribution in [-0.4, -0.2) is 16.9 Å². The largest absolute Gasteiger partial charge is 0.352 e. The summed E-state index contributed by atoms with van der Waals surface area (Å²) in [6.45, 7) is 8.15. The van der Waals surface area contributed by atoms with E-state index < -0.39 is 4.92 Å². The van der Waals surface area contributed by atoms with Crippen LogP contribution in [-0.2, 0) is 0 Å². The van der Waals surface area contributed by atoms with E-state index in [0.29, 0.717) is 5.69 Å². The highest BCUT2D eigenvalue weighted by molar-refractivity contribution is 5.94. The van der Waals surface area contributed by atoms with Crippen molar-refractivity contribution in [3.05, 3.63) is 34.4 Å². The minimum absolute atomic E-state index is 0.0272. The highest BCUT2D eigenvalue weighted by Gasteiger charge is 2.21. The third-order valence-electron chi connectivity index (χ3n) is 3.13. The summed E-state index contributed by atoms with van der Waals surface area (Å²) in [6.07, 6.45) is 1.71. The normalized spacial score (nSPS) is 13.2. The molecule has 0 aliphatic carbocycles. The number of hydrogen-bond donors (Lipinski definition) is 2. The fraction of sp³-hybridized carbons (Fsp3) is 0.429. The number of rotatable bonds is 3. The zero-order valence-electron chi connectivity index (χ0n) is 12.5. The lowest BCUT2D eigenvalue weighted by atomic mass is 9.88. The lowest BCUT2D eigenvalue weighted by Gasteiger charge is -2.29. The van der Waals surface area contributed by atoms with Crippen LogP contribution in [0.15, 0.2) is 29.3 Å². The third-order valence-corrected chi connectivity index (χ3v) is 3.13. The van der Waals surface area contributed by atoms with Crippen molar-refractivity contribution in [2.24, 2.45) is 10.4 Å². The first-order chi connectivity index (χ1) is 9.74. The fourth-order valence-electron chi connectivity index (χ4n) is 1.40. The Morgan fingerprint density at radius 2 is 2.14 bits per heavy atom. The monoisotopic (exact) mass is 289 g/mol. The summed E-state index contributed by atoms with van der Waals surface area (Å²) in [5.41, 5.74) is 0.438. The van der Waals surface area contributed by atoms with E-state index in [1.54, 1.807) is 18.3 Å². The Morgan fingerprint density at radius 3 is 2.67 bits per heavy atom. The van der Waals surface area contributed by atoms with Gasteiger partial charge in [-0.15, -0.1) is 4.99 Å². The highest BCUT2D eigenvalue weighted by atomic mass is 16.6. The lowest BCUT2D eigenvalue weighted by molar-refractivity contribution is -0.384. The predicted molar refractivity (Wildman–Crippen MR) is 81.8 cm³/mol. The second-order valence-electron chi connectivity index (χ2n) is 5.72. The first-order valence-electron chi connectivity index (χ1n) is 6.49. The van der Waals surface area contributed by atoms with E-state index in [1.165, 1.54) is 12.1 Å². The molecule has 7 heteroatoms. The molecule has 0 aromatic heterocycles. The third kappa shape index (κ3) is 5.10. The van der Waals surface area contributed by atoms with Crippen LogP contribution in [0.2, 0.25) is 0 Å². The van der Waals surface area contributed by atoms with Gasteiger partial charge in [0.05, 0.1) is 4.92 Å². The van der Waals surface area contributed by atoms with Gasteiger partial charge in [0.15, 0.2) is 0 Å². The second-order valence-corrected chi connectivity index (χ2v) is 5.72. The molecule has 1 rings (SSSR count). The molecule has 112 valence electrons. The summed E-state index contributed by atoms with van der Waals surface area (Å²) in [6, 6.07) is 6.07. The number of nitrogens with zero attached hydrogens (tertiary/aromatic N) is 3. The van der Waals surface area contributed by atoms with E-state index in [4.69, 9.17) is 5.26 Å². The standard InChI is InChI=1S/C14H19N5O2/c1-10(14(2,3)4)17-13(16-9-15)18-11-6-5-7-12(8-11)19(20)21/h5-8,10H,1-4H3,(H2,16,17,18). The summed E-state index contributed by atoms with van der Waals surface area (Å²) in [4.78, 5) is 14.0. The summed E-state index contributed by atoms with van der Waals surface area (Å²) >= 11 is 0. The van der Waals surface area contributed by atoms with Crippen molar-refractivity contribution in [3.63, 3.8) is 0 Å². The highest BCUT2D eigenvalue weighted by Crippen LogP contribution is 2.20. The molecule has 0 aliphatic rings. The number of anilines is 1. The molecule has 2 N–H and O–H groups in total. The van der Waals surface area contributed by atoms with Crippen LogP contribution < -0.4 is 10.6 Å². The van der Waals surface area contributed by atoms with Gasteiger partial charge in [-0.3, -0.25) is 10.1 Å². The Hall–Kier alpha value is -2.62. The van der Waals surface area contributed by atoms with E-state index in [9.17, 15) is 10.1 Å². The topological polar surface area (TPSA) is 103 Å². The molecule has 1 unspecified atom stereocenters. The number of nitrogens with one attached hydrogen (secondary N) is 2. The zero-order chi connectivity index (χ0) is 16.0. The van der Waals surface area contributed by atoms with Crippen LogP contribution in [0.5, 0.6) is 0 Å². The molecule has 0 radical (unpaired) electrons. The molecule has 1 aromatic carbocycles. The first-order valence-corrected chi connectivity index (χ1v) is 6.49. The van der Waals surface area contributed by atoms with Gasteiger partial charge in [0.1, 0.15) is 0 Å². The van der Waals surface area contributed by atoms with Gasteiger partial charge in [0.2, 0.25) is 12.2 Å². The summed E-state index contributed by atoms with van der Waals surface area (Å²) in [5.74, 6) is 0.264. The Labute approximate surface area is 123 Å². The number of hydrogen-bond acceptors (Lipinski definition) is 4. The van der Waals surface area contributed by atoms with E-state index in [0.717, 1.165) is 0 Å². The number of guanidine groups is 1. The van der Waals surface area contributed by atoms with Crippen molar-refractivity contribution in [1.82, 2.24) is 5.32 Å². The Bertz CT molecular complexity index is 584. The minimum atomic E-state index is -0.475. The number of aliphatic imine (C=N–C) groups is 1. The van der Waals surface area contributed by atoms with Crippen molar-refractivity contribution < 1.29 is 4.92 Å². The molecule has 7 nitrogen and oxygen atoms in total. The molecule has 0 saturated carbocycles. The zero-order valence-corrected chi connectivity index (χ0v) is 12.5. The van der Waals surface area contributed by atoms with Gasteiger partial charge in [-0.1, -0.05) is 26.8 Å². The van der Waals surface area contributed by atoms with Crippen LogP contribution in [0, 0.1) is 27.0 Å². The van der Waals surface area contributed by atoms with Crippen molar-refractivity contribution in [1.29, 1.82) is 5.26 Å². The molecule has 0 spiro atoms. The minimum Gasteiger partial charge on any atom is -0.352 e. The van der Waals surface area contributed by atoms with Gasteiger partial charge in [-0.05, 0) is 18.4 Å². The van der Waals surface area contributed by atoms with Gasteiger partial charge >= 0.3 is 0 Å². The maximum Gasteiger partial charge on any atom is 0.271 e. The molecule has 0 fully saturated rings. The quantitative estimate of drug-likeness (QED) is 0.293. The fourth-order valence-corrected chi connectivity index (χ4v) is 1.40. The number of nitro benzene ring substituents is 1. The molecule has 0 amide bonds.